The lowest BCUT2D eigenvalue weighted by molar-refractivity contribution is -0.137. The molecule has 0 spiro atoms. The van der Waals surface area contributed by atoms with Crippen LogP contribution in [0.25, 0.3) is 0 Å². The van der Waals surface area contributed by atoms with Gasteiger partial charge in [0.1, 0.15) is 10.8 Å². The molecule has 2 rings (SSSR count). The number of hydrogen-bond acceptors (Lipinski definition) is 3. The first-order valence-corrected chi connectivity index (χ1v) is 9.24. The molecule has 0 aliphatic rings. The van der Waals surface area contributed by atoms with E-state index in [9.17, 15) is 22.4 Å². The second-order valence-corrected chi connectivity index (χ2v) is 7.90. The van der Waals surface area contributed by atoms with E-state index in [1.54, 1.807) is 12.1 Å². The van der Waals surface area contributed by atoms with Gasteiger partial charge in [0.15, 0.2) is 0 Å². The highest BCUT2D eigenvalue weighted by atomic mass is 35.5. The van der Waals surface area contributed by atoms with E-state index in [0.717, 1.165) is 23.4 Å². The molecule has 0 saturated carbocycles. The first-order valence-electron chi connectivity index (χ1n) is 7.87. The fraction of sp³-hybridized carbons (Fsp3) is 0.333. The summed E-state index contributed by atoms with van der Waals surface area (Å²) in [7, 11) is 0. The first kappa shape index (κ1) is 21.5. The predicted octanol–water partition coefficient (Wildman–Crippen LogP) is 5.12. The molecule has 0 radical (unpaired) electrons. The molecular formula is C18H17ClF4N2OS. The van der Waals surface area contributed by atoms with E-state index >= 15 is 0 Å². The van der Waals surface area contributed by atoms with Crippen LogP contribution in [0.4, 0.5) is 17.6 Å². The molecule has 9 heteroatoms. The van der Waals surface area contributed by atoms with Gasteiger partial charge in [0.2, 0.25) is 5.91 Å². The molecule has 0 saturated heterocycles. The van der Waals surface area contributed by atoms with Crippen molar-refractivity contribution in [3.8, 4) is 0 Å². The Morgan fingerprint density at radius 3 is 2.41 bits per heavy atom. The summed E-state index contributed by atoms with van der Waals surface area (Å²) >= 11 is 6.78. The van der Waals surface area contributed by atoms with E-state index in [1.165, 1.54) is 12.1 Å². The largest absolute Gasteiger partial charge is 0.417 e. The van der Waals surface area contributed by atoms with Gasteiger partial charge in [-0.1, -0.05) is 35.5 Å². The van der Waals surface area contributed by atoms with E-state index in [0.29, 0.717) is 12.6 Å². The molecule has 27 heavy (non-hydrogen) atoms. The summed E-state index contributed by atoms with van der Waals surface area (Å²) in [6.07, 6.45) is -3.35. The Morgan fingerprint density at radius 2 is 1.85 bits per heavy atom. The summed E-state index contributed by atoms with van der Waals surface area (Å²) in [4.78, 5) is 15.9. The third kappa shape index (κ3) is 6.70. The number of carbonyl (C=O) groups is 1. The second-order valence-electron chi connectivity index (χ2n) is 6.53. The van der Waals surface area contributed by atoms with Crippen molar-refractivity contribution in [2.75, 3.05) is 5.75 Å². The Bertz CT molecular complexity index is 810. The zero-order valence-electron chi connectivity index (χ0n) is 14.5. The molecule has 0 bridgehead atoms. The van der Waals surface area contributed by atoms with Gasteiger partial charge in [0, 0.05) is 11.7 Å². The van der Waals surface area contributed by atoms with Crippen LogP contribution in [0, 0.1) is 5.82 Å². The second kappa shape index (κ2) is 8.48. The van der Waals surface area contributed by atoms with Gasteiger partial charge in [-0.2, -0.15) is 13.2 Å². The molecule has 1 heterocycles. The average Bonchev–Trinajstić information content (AvgIpc) is 2.54. The Hall–Kier alpha value is -1.80. The van der Waals surface area contributed by atoms with Crippen LogP contribution in [-0.2, 0) is 17.4 Å². The lowest BCUT2D eigenvalue weighted by Gasteiger charge is -2.26. The van der Waals surface area contributed by atoms with Gasteiger partial charge in [-0.3, -0.25) is 4.79 Å². The number of halogens is 5. The number of nitrogens with one attached hydrogen (secondary N) is 1. The minimum absolute atomic E-state index is 0.0507. The minimum Gasteiger partial charge on any atom is -0.350 e. The number of thioether (sulfide) groups is 1. The van der Waals surface area contributed by atoms with Crippen molar-refractivity contribution in [3.05, 3.63) is 58.5 Å². The van der Waals surface area contributed by atoms with Crippen LogP contribution < -0.4 is 5.32 Å². The van der Waals surface area contributed by atoms with Gasteiger partial charge < -0.3 is 5.32 Å². The number of benzene rings is 1. The molecule has 0 fully saturated rings. The number of pyridine rings is 1. The fourth-order valence-electron chi connectivity index (χ4n) is 2.39. The topological polar surface area (TPSA) is 42.0 Å². The number of hydrogen-bond donors (Lipinski definition) is 1. The molecule has 3 nitrogen and oxygen atoms in total. The highest BCUT2D eigenvalue weighted by Crippen LogP contribution is 2.33. The first-order chi connectivity index (χ1) is 12.5. The normalized spacial score (nSPS) is 12.1. The van der Waals surface area contributed by atoms with Gasteiger partial charge >= 0.3 is 6.18 Å². The molecule has 2 aromatic rings. The fourth-order valence-corrected chi connectivity index (χ4v) is 3.38. The molecular weight excluding hydrogens is 404 g/mol. The van der Waals surface area contributed by atoms with Crippen LogP contribution in [-0.4, -0.2) is 22.2 Å². The number of aromatic nitrogens is 1. The lowest BCUT2D eigenvalue weighted by Crippen LogP contribution is -2.45. The maximum atomic E-state index is 13.0. The zero-order valence-corrected chi connectivity index (χ0v) is 16.1. The van der Waals surface area contributed by atoms with Crippen LogP contribution in [0.2, 0.25) is 5.02 Å². The van der Waals surface area contributed by atoms with Gasteiger partial charge in [0.25, 0.3) is 0 Å². The van der Waals surface area contributed by atoms with Crippen LogP contribution in [0.15, 0.2) is 41.6 Å². The van der Waals surface area contributed by atoms with Crippen LogP contribution in [0.5, 0.6) is 0 Å². The van der Waals surface area contributed by atoms with Crippen LogP contribution >= 0.6 is 23.4 Å². The highest BCUT2D eigenvalue weighted by Gasteiger charge is 2.31. The zero-order chi connectivity index (χ0) is 20.2. The van der Waals surface area contributed by atoms with Gasteiger partial charge in [0.05, 0.1) is 16.3 Å². The van der Waals surface area contributed by atoms with Gasteiger partial charge in [-0.25, -0.2) is 9.37 Å². The summed E-state index contributed by atoms with van der Waals surface area (Å²) in [6, 6.07) is 6.77. The molecule has 1 aromatic heterocycles. The van der Waals surface area contributed by atoms with Crippen molar-refractivity contribution in [2.24, 2.45) is 0 Å². The Morgan fingerprint density at radius 1 is 1.22 bits per heavy atom. The van der Waals surface area contributed by atoms with Crippen molar-refractivity contribution in [1.29, 1.82) is 0 Å². The Labute approximate surface area is 163 Å². The summed E-state index contributed by atoms with van der Waals surface area (Å²) in [6.45, 7) is 3.64. The van der Waals surface area contributed by atoms with E-state index in [-0.39, 0.29) is 27.5 Å². The maximum absolute atomic E-state index is 13.0. The average molecular weight is 421 g/mol. The van der Waals surface area contributed by atoms with E-state index in [4.69, 9.17) is 11.6 Å². The molecule has 0 aliphatic carbocycles. The maximum Gasteiger partial charge on any atom is 0.417 e. The minimum atomic E-state index is -4.53. The number of rotatable bonds is 6. The smallest absolute Gasteiger partial charge is 0.350 e. The highest BCUT2D eigenvalue weighted by molar-refractivity contribution is 8.00. The molecule has 1 aromatic carbocycles. The van der Waals surface area contributed by atoms with Crippen molar-refractivity contribution in [1.82, 2.24) is 10.3 Å². The molecule has 1 amide bonds. The molecule has 0 unspecified atom stereocenters. The van der Waals surface area contributed by atoms with Crippen molar-refractivity contribution in [3.63, 3.8) is 0 Å². The van der Waals surface area contributed by atoms with Crippen molar-refractivity contribution >= 4 is 29.3 Å². The molecule has 1 N–H and O–H groups in total. The van der Waals surface area contributed by atoms with Crippen molar-refractivity contribution in [2.45, 2.75) is 37.0 Å². The van der Waals surface area contributed by atoms with Crippen molar-refractivity contribution < 1.29 is 22.4 Å². The molecule has 0 aliphatic heterocycles. The summed E-state index contributed by atoms with van der Waals surface area (Å²) in [5.41, 5.74) is -0.670. The molecule has 146 valence electrons. The quantitative estimate of drug-likeness (QED) is 0.520. The number of amides is 1. The Balaban J connectivity index is 1.92. The van der Waals surface area contributed by atoms with Crippen LogP contribution in [0.3, 0.4) is 0 Å². The number of alkyl halides is 3. The van der Waals surface area contributed by atoms with E-state index in [1.807, 2.05) is 13.8 Å². The summed E-state index contributed by atoms with van der Waals surface area (Å²) in [5, 5.41) is 2.83. The van der Waals surface area contributed by atoms with Crippen LogP contribution in [0.1, 0.15) is 25.0 Å². The SMILES string of the molecule is CC(C)(Cc1ccc(F)cc1)NC(=O)CSc1ncc(C(F)(F)F)cc1Cl. The summed E-state index contributed by atoms with van der Waals surface area (Å²) in [5.74, 6) is -0.701. The number of nitrogens with zero attached hydrogens (tertiary/aromatic N) is 1. The molecule has 0 atom stereocenters. The third-order valence-electron chi connectivity index (χ3n) is 3.51. The number of carbonyl (C=O) groups excluding carboxylic acids is 1. The standard InChI is InChI=1S/C18H17ClF4N2OS/c1-17(2,8-11-3-5-13(20)6-4-11)25-15(26)10-27-16-14(19)7-12(9-24-16)18(21,22)23/h3-7,9H,8,10H2,1-2H3,(H,25,26). The predicted molar refractivity (Wildman–Crippen MR) is 97.3 cm³/mol. The van der Waals surface area contributed by atoms with Gasteiger partial charge in [-0.15, -0.1) is 0 Å². The van der Waals surface area contributed by atoms with E-state index in [2.05, 4.69) is 10.3 Å². The third-order valence-corrected chi connectivity index (χ3v) is 4.92. The van der Waals surface area contributed by atoms with Gasteiger partial charge in [-0.05, 0) is 44.0 Å². The monoisotopic (exact) mass is 420 g/mol. The Kier molecular flexibility index (Phi) is 6.75. The van der Waals surface area contributed by atoms with E-state index < -0.39 is 17.3 Å². The lowest BCUT2D eigenvalue weighted by atomic mass is 9.95. The summed E-state index contributed by atoms with van der Waals surface area (Å²) < 4.78 is 50.8.